The van der Waals surface area contributed by atoms with Gasteiger partial charge < -0.3 is 0 Å². The van der Waals surface area contributed by atoms with Gasteiger partial charge in [-0.05, 0) is 24.2 Å². The summed E-state index contributed by atoms with van der Waals surface area (Å²) in [5.74, 6) is 2.76. The molecule has 92 valence electrons. The van der Waals surface area contributed by atoms with Crippen molar-refractivity contribution in [1.82, 2.24) is 0 Å². The highest BCUT2D eigenvalue weighted by molar-refractivity contribution is 4.65. The molecule has 0 rings (SSSR count). The van der Waals surface area contributed by atoms with E-state index in [1.165, 1.54) is 44.9 Å². The molecule has 0 bridgehead atoms. The van der Waals surface area contributed by atoms with E-state index < -0.39 is 0 Å². The Balaban J connectivity index is 3.57. The van der Waals surface area contributed by atoms with Crippen LogP contribution >= 0.6 is 0 Å². The molecule has 0 saturated heterocycles. The van der Waals surface area contributed by atoms with Gasteiger partial charge in [-0.15, -0.1) is 0 Å². The van der Waals surface area contributed by atoms with E-state index in [1.54, 1.807) is 0 Å². The summed E-state index contributed by atoms with van der Waals surface area (Å²) in [6.45, 7) is 11.8. The molecule has 0 radical (unpaired) electrons. The fraction of sp³-hybridized carbons (Fsp3) is 1.00. The Hall–Kier alpha value is 0. The molecule has 2 unspecified atom stereocenters. The van der Waals surface area contributed by atoms with E-state index in [1.807, 2.05) is 0 Å². The van der Waals surface area contributed by atoms with Crippen molar-refractivity contribution < 1.29 is 0 Å². The molecule has 0 aliphatic heterocycles. The van der Waals surface area contributed by atoms with E-state index in [4.69, 9.17) is 0 Å². The van der Waals surface area contributed by atoms with Crippen LogP contribution in [-0.4, -0.2) is 0 Å². The molecule has 0 N–H and O–H groups in total. The molecule has 0 amide bonds. The molecule has 0 aliphatic carbocycles. The van der Waals surface area contributed by atoms with Crippen LogP contribution in [0.25, 0.3) is 0 Å². The van der Waals surface area contributed by atoms with E-state index in [9.17, 15) is 0 Å². The molecule has 0 nitrogen and oxygen atoms in total. The third-order valence-corrected chi connectivity index (χ3v) is 3.72. The van der Waals surface area contributed by atoms with Crippen LogP contribution in [0.5, 0.6) is 0 Å². The SMILES string of the molecule is CCCCCCC(C)CC(CC)C(C)C. The maximum absolute atomic E-state index is 2.44. The Morgan fingerprint density at radius 2 is 1.53 bits per heavy atom. The van der Waals surface area contributed by atoms with Gasteiger partial charge in [0.2, 0.25) is 0 Å². The van der Waals surface area contributed by atoms with Crippen molar-refractivity contribution in [3.63, 3.8) is 0 Å². The lowest BCUT2D eigenvalue weighted by molar-refractivity contribution is 0.286. The maximum atomic E-state index is 2.44. The van der Waals surface area contributed by atoms with Crippen molar-refractivity contribution in [2.45, 2.75) is 79.6 Å². The minimum absolute atomic E-state index is 0.869. The standard InChI is InChI=1S/C15H32/c1-6-8-9-10-11-14(5)12-15(7-2)13(3)4/h13-15H,6-12H2,1-5H3. The van der Waals surface area contributed by atoms with E-state index in [-0.39, 0.29) is 0 Å². The first-order valence-electron chi connectivity index (χ1n) is 7.11. The smallest absolute Gasteiger partial charge is 0.0391 e. The van der Waals surface area contributed by atoms with Crippen molar-refractivity contribution in [3.05, 3.63) is 0 Å². The summed E-state index contributed by atoms with van der Waals surface area (Å²) in [5, 5.41) is 0. The number of unbranched alkanes of at least 4 members (excludes halogenated alkanes) is 3. The second kappa shape index (κ2) is 9.24. The van der Waals surface area contributed by atoms with Gasteiger partial charge in [-0.25, -0.2) is 0 Å². The summed E-state index contributed by atoms with van der Waals surface area (Å²) in [4.78, 5) is 0. The van der Waals surface area contributed by atoms with Gasteiger partial charge in [0.15, 0.2) is 0 Å². The third-order valence-electron chi connectivity index (χ3n) is 3.72. The highest BCUT2D eigenvalue weighted by Crippen LogP contribution is 2.26. The molecule has 0 aliphatic rings. The molecule has 0 spiro atoms. The van der Waals surface area contributed by atoms with Crippen LogP contribution in [0.15, 0.2) is 0 Å². The van der Waals surface area contributed by atoms with Crippen LogP contribution in [0.4, 0.5) is 0 Å². The van der Waals surface area contributed by atoms with Crippen LogP contribution in [-0.2, 0) is 0 Å². The van der Waals surface area contributed by atoms with Crippen LogP contribution in [0.1, 0.15) is 79.6 Å². The largest absolute Gasteiger partial charge is 0.0654 e. The van der Waals surface area contributed by atoms with Gasteiger partial charge in [-0.3, -0.25) is 0 Å². The Labute approximate surface area is 97.8 Å². The van der Waals surface area contributed by atoms with E-state index >= 15 is 0 Å². The first-order valence-corrected chi connectivity index (χ1v) is 7.11. The number of hydrogen-bond acceptors (Lipinski definition) is 0. The summed E-state index contributed by atoms with van der Waals surface area (Å²) in [5.41, 5.74) is 0. The lowest BCUT2D eigenvalue weighted by Crippen LogP contribution is -2.11. The summed E-state index contributed by atoms with van der Waals surface area (Å²) in [6.07, 6.45) is 9.93. The lowest BCUT2D eigenvalue weighted by atomic mass is 9.83. The Bertz CT molecular complexity index is 126. The molecule has 15 heavy (non-hydrogen) atoms. The van der Waals surface area contributed by atoms with Gasteiger partial charge in [0.1, 0.15) is 0 Å². The molecular weight excluding hydrogens is 180 g/mol. The van der Waals surface area contributed by atoms with Crippen molar-refractivity contribution in [2.24, 2.45) is 17.8 Å². The Morgan fingerprint density at radius 3 is 2.00 bits per heavy atom. The van der Waals surface area contributed by atoms with Crippen LogP contribution in [0.3, 0.4) is 0 Å². The molecule has 0 aromatic rings. The molecule has 0 aromatic heterocycles. The minimum atomic E-state index is 0.869. The topological polar surface area (TPSA) is 0 Å². The van der Waals surface area contributed by atoms with Crippen LogP contribution < -0.4 is 0 Å². The predicted molar refractivity (Wildman–Crippen MR) is 71.2 cm³/mol. The van der Waals surface area contributed by atoms with Crippen LogP contribution in [0.2, 0.25) is 0 Å². The Kier molecular flexibility index (Phi) is 9.24. The quantitative estimate of drug-likeness (QED) is 0.432. The van der Waals surface area contributed by atoms with E-state index in [0.717, 1.165) is 17.8 Å². The number of rotatable bonds is 9. The number of hydrogen-bond donors (Lipinski definition) is 0. The first-order chi connectivity index (χ1) is 7.11. The summed E-state index contributed by atoms with van der Waals surface area (Å²) < 4.78 is 0. The van der Waals surface area contributed by atoms with Gasteiger partial charge in [0.05, 0.1) is 0 Å². The maximum Gasteiger partial charge on any atom is -0.0391 e. The zero-order valence-electron chi connectivity index (χ0n) is 11.7. The average Bonchev–Trinajstić information content (AvgIpc) is 2.20. The van der Waals surface area contributed by atoms with Crippen molar-refractivity contribution >= 4 is 0 Å². The van der Waals surface area contributed by atoms with Gasteiger partial charge in [0, 0.05) is 0 Å². The van der Waals surface area contributed by atoms with Crippen molar-refractivity contribution in [1.29, 1.82) is 0 Å². The van der Waals surface area contributed by atoms with Gasteiger partial charge >= 0.3 is 0 Å². The third kappa shape index (κ3) is 7.88. The zero-order valence-corrected chi connectivity index (χ0v) is 11.7. The molecule has 0 heteroatoms. The lowest BCUT2D eigenvalue weighted by Gasteiger charge is -2.23. The zero-order chi connectivity index (χ0) is 11.7. The fourth-order valence-corrected chi connectivity index (χ4v) is 2.46. The minimum Gasteiger partial charge on any atom is -0.0654 e. The van der Waals surface area contributed by atoms with Gasteiger partial charge in [-0.1, -0.05) is 73.1 Å². The summed E-state index contributed by atoms with van der Waals surface area (Å²) in [7, 11) is 0. The van der Waals surface area contributed by atoms with Crippen LogP contribution in [0, 0.1) is 17.8 Å². The molecule has 2 atom stereocenters. The first kappa shape index (κ1) is 15.0. The molecule has 0 aromatic carbocycles. The summed E-state index contributed by atoms with van der Waals surface area (Å²) >= 11 is 0. The monoisotopic (exact) mass is 212 g/mol. The highest BCUT2D eigenvalue weighted by atomic mass is 14.2. The van der Waals surface area contributed by atoms with E-state index in [0.29, 0.717) is 0 Å². The average molecular weight is 212 g/mol. The molecular formula is C15H32. The normalized spacial score (nSPS) is 15.6. The predicted octanol–water partition coefficient (Wildman–Crippen LogP) is 5.67. The van der Waals surface area contributed by atoms with Gasteiger partial charge in [-0.2, -0.15) is 0 Å². The molecule has 0 saturated carbocycles. The second-order valence-corrected chi connectivity index (χ2v) is 5.60. The summed E-state index contributed by atoms with van der Waals surface area (Å²) in [6, 6.07) is 0. The highest BCUT2D eigenvalue weighted by Gasteiger charge is 2.14. The fourth-order valence-electron chi connectivity index (χ4n) is 2.46. The van der Waals surface area contributed by atoms with Gasteiger partial charge in [0.25, 0.3) is 0 Å². The van der Waals surface area contributed by atoms with Crippen molar-refractivity contribution in [3.8, 4) is 0 Å². The molecule has 0 fully saturated rings. The van der Waals surface area contributed by atoms with Crippen molar-refractivity contribution in [2.75, 3.05) is 0 Å². The molecule has 0 heterocycles. The Morgan fingerprint density at radius 1 is 0.867 bits per heavy atom. The van der Waals surface area contributed by atoms with E-state index in [2.05, 4.69) is 34.6 Å². The second-order valence-electron chi connectivity index (χ2n) is 5.60.